The first-order valence-electron chi connectivity index (χ1n) is 12.9. The molecule has 0 bridgehead atoms. The van der Waals surface area contributed by atoms with E-state index >= 15 is 0 Å². The first-order chi connectivity index (χ1) is 18.8. The zero-order valence-corrected chi connectivity index (χ0v) is 20.6. The Kier molecular flexibility index (Phi) is 4.61. The second-order valence-corrected chi connectivity index (χ2v) is 9.79. The van der Waals surface area contributed by atoms with Crippen LogP contribution in [0.3, 0.4) is 0 Å². The lowest BCUT2D eigenvalue weighted by Crippen LogP contribution is -2.27. The summed E-state index contributed by atoms with van der Waals surface area (Å²) in [5, 5.41) is 4.87. The van der Waals surface area contributed by atoms with Gasteiger partial charge in [-0.3, -0.25) is 4.57 Å². The van der Waals surface area contributed by atoms with Crippen LogP contribution in [0.4, 0.5) is 0 Å². The van der Waals surface area contributed by atoms with Gasteiger partial charge >= 0.3 is 0 Å². The van der Waals surface area contributed by atoms with Crippen molar-refractivity contribution >= 4 is 44.2 Å². The molecular weight excluding hydrogens is 466 g/mol. The lowest BCUT2D eigenvalue weighted by molar-refractivity contribution is 0.270. The predicted octanol–water partition coefficient (Wildman–Crippen LogP) is 7.60. The van der Waals surface area contributed by atoms with Crippen LogP contribution in [0.5, 0.6) is 0 Å². The minimum Gasteiger partial charge on any atom is -0.498 e. The number of benzene rings is 5. The molecule has 0 radical (unpaired) electrons. The van der Waals surface area contributed by atoms with Gasteiger partial charge in [-0.15, -0.1) is 0 Å². The molecule has 1 aromatic heterocycles. The van der Waals surface area contributed by atoms with E-state index in [0.717, 1.165) is 27.9 Å². The van der Waals surface area contributed by atoms with Gasteiger partial charge in [0.25, 0.3) is 0 Å². The van der Waals surface area contributed by atoms with Crippen molar-refractivity contribution in [3.8, 4) is 11.1 Å². The van der Waals surface area contributed by atoms with Crippen LogP contribution in [0, 0.1) is 0 Å². The zero-order valence-electron chi connectivity index (χ0n) is 20.6. The Morgan fingerprint density at radius 1 is 0.658 bits per heavy atom. The van der Waals surface area contributed by atoms with Crippen LogP contribution in [0.15, 0.2) is 137 Å². The van der Waals surface area contributed by atoms with Crippen molar-refractivity contribution < 1.29 is 4.74 Å². The number of ether oxygens (including phenoxy) is 1. The summed E-state index contributed by atoms with van der Waals surface area (Å²) in [6.45, 7) is 0.526. The minimum absolute atomic E-state index is 0.0846. The molecule has 3 heterocycles. The molecule has 0 amide bonds. The van der Waals surface area contributed by atoms with Crippen LogP contribution < -0.4 is 0 Å². The summed E-state index contributed by atoms with van der Waals surface area (Å²) in [4.78, 5) is 10.3. The van der Waals surface area contributed by atoms with Crippen LogP contribution in [0.25, 0.3) is 43.7 Å². The first kappa shape index (κ1) is 21.2. The number of fused-ring (bicyclic) bond motifs is 5. The Hall–Kier alpha value is -4.96. The number of hydrogen-bond acceptors (Lipinski definition) is 3. The van der Waals surface area contributed by atoms with Gasteiger partial charge in [-0.1, -0.05) is 97.1 Å². The Morgan fingerprint density at radius 3 is 2.13 bits per heavy atom. The SMILES string of the molecule is C1=C2C(c3cccc(-c4cccc5ccccc45)c3)=NC(n3c4ccccc4c4ccccc43)=NC2CO1. The summed E-state index contributed by atoms with van der Waals surface area (Å²) in [6, 6.07) is 40.5. The third-order valence-electron chi connectivity index (χ3n) is 7.60. The maximum Gasteiger partial charge on any atom is 0.231 e. The van der Waals surface area contributed by atoms with E-state index in [1.165, 1.54) is 32.7 Å². The maximum absolute atomic E-state index is 5.80. The smallest absolute Gasteiger partial charge is 0.231 e. The number of hydrogen-bond donors (Lipinski definition) is 0. The highest BCUT2D eigenvalue weighted by Crippen LogP contribution is 2.34. The van der Waals surface area contributed by atoms with Crippen molar-refractivity contribution in [3.63, 3.8) is 0 Å². The highest BCUT2D eigenvalue weighted by Gasteiger charge is 2.31. The summed E-state index contributed by atoms with van der Waals surface area (Å²) in [5.74, 6) is 0.695. The number of aromatic nitrogens is 1. The van der Waals surface area contributed by atoms with Gasteiger partial charge in [-0.2, -0.15) is 0 Å². The van der Waals surface area contributed by atoms with Gasteiger partial charge in [-0.05, 0) is 40.1 Å². The van der Waals surface area contributed by atoms with Crippen molar-refractivity contribution in [1.29, 1.82) is 0 Å². The van der Waals surface area contributed by atoms with Gasteiger partial charge in [-0.25, -0.2) is 9.98 Å². The van der Waals surface area contributed by atoms with Gasteiger partial charge < -0.3 is 4.74 Å². The molecular formula is C34H23N3O. The highest BCUT2D eigenvalue weighted by atomic mass is 16.5. The number of para-hydroxylation sites is 2. The van der Waals surface area contributed by atoms with Gasteiger partial charge in [0, 0.05) is 21.9 Å². The van der Waals surface area contributed by atoms with Gasteiger partial charge in [0.1, 0.15) is 12.6 Å². The van der Waals surface area contributed by atoms with E-state index < -0.39 is 0 Å². The van der Waals surface area contributed by atoms with Crippen LogP contribution in [0.1, 0.15) is 5.56 Å². The molecule has 6 aromatic rings. The number of aliphatic imine (C=N–C) groups is 2. The fraction of sp³-hybridized carbons (Fsp3) is 0.0588. The molecule has 0 N–H and O–H groups in total. The summed E-state index contributed by atoms with van der Waals surface area (Å²) >= 11 is 0. The van der Waals surface area contributed by atoms with Gasteiger partial charge in [0.15, 0.2) is 0 Å². The number of rotatable bonds is 2. The van der Waals surface area contributed by atoms with Crippen LogP contribution in [-0.4, -0.2) is 28.9 Å². The van der Waals surface area contributed by atoms with Crippen molar-refractivity contribution in [2.45, 2.75) is 6.04 Å². The van der Waals surface area contributed by atoms with Gasteiger partial charge in [0.2, 0.25) is 5.96 Å². The molecule has 5 aromatic carbocycles. The normalized spacial score (nSPS) is 16.7. The molecule has 1 unspecified atom stereocenters. The minimum atomic E-state index is -0.0846. The Labute approximate surface area is 219 Å². The van der Waals surface area contributed by atoms with Crippen LogP contribution in [0.2, 0.25) is 0 Å². The molecule has 4 heteroatoms. The molecule has 2 aliphatic rings. The molecule has 8 rings (SSSR count). The van der Waals surface area contributed by atoms with E-state index in [0.29, 0.717) is 12.6 Å². The van der Waals surface area contributed by atoms with E-state index in [1.807, 2.05) is 6.26 Å². The monoisotopic (exact) mass is 489 g/mol. The summed E-state index contributed by atoms with van der Waals surface area (Å²) in [5.41, 5.74) is 7.60. The van der Waals surface area contributed by atoms with Crippen molar-refractivity contribution in [3.05, 3.63) is 133 Å². The fourth-order valence-corrected chi connectivity index (χ4v) is 5.84. The molecule has 1 atom stereocenters. The maximum atomic E-state index is 5.80. The molecule has 0 spiro atoms. The zero-order chi connectivity index (χ0) is 25.1. The summed E-state index contributed by atoms with van der Waals surface area (Å²) < 4.78 is 7.99. The lowest BCUT2D eigenvalue weighted by atomic mass is 9.93. The standard InChI is InChI=1S/C34H23N3O/c1-2-13-25-22(9-1)10-8-16-26(25)23-11-7-12-24(19-23)33-29-20-38-21-30(29)35-34(36-33)37-31-17-5-3-14-27(31)28-15-4-6-18-32(28)37/h1-20,30H,21H2. The molecule has 180 valence electrons. The molecule has 0 saturated carbocycles. The van der Waals surface area contributed by atoms with Crippen molar-refractivity contribution in [1.82, 2.24) is 4.57 Å². The van der Waals surface area contributed by atoms with E-state index in [2.05, 4.69) is 120 Å². The largest absolute Gasteiger partial charge is 0.498 e. The van der Waals surface area contributed by atoms with E-state index in [-0.39, 0.29) is 6.04 Å². The van der Waals surface area contributed by atoms with E-state index in [4.69, 9.17) is 14.7 Å². The van der Waals surface area contributed by atoms with E-state index in [9.17, 15) is 0 Å². The Bertz CT molecular complexity index is 1930. The van der Waals surface area contributed by atoms with E-state index in [1.54, 1.807) is 0 Å². The second kappa shape index (κ2) is 8.29. The van der Waals surface area contributed by atoms with Crippen LogP contribution in [-0.2, 0) is 4.74 Å². The highest BCUT2D eigenvalue weighted by molar-refractivity contribution is 6.22. The second-order valence-electron chi connectivity index (χ2n) is 9.79. The first-order valence-corrected chi connectivity index (χ1v) is 12.9. The Balaban J connectivity index is 1.32. The average molecular weight is 490 g/mol. The molecule has 4 nitrogen and oxygen atoms in total. The Morgan fingerprint density at radius 2 is 1.32 bits per heavy atom. The number of nitrogens with zero attached hydrogens (tertiary/aromatic N) is 3. The molecule has 0 saturated heterocycles. The molecule has 0 aliphatic carbocycles. The van der Waals surface area contributed by atoms with Crippen molar-refractivity contribution in [2.75, 3.05) is 6.61 Å². The third-order valence-corrected chi connectivity index (χ3v) is 7.60. The topological polar surface area (TPSA) is 38.9 Å². The fourth-order valence-electron chi connectivity index (χ4n) is 5.84. The van der Waals surface area contributed by atoms with Crippen LogP contribution >= 0.6 is 0 Å². The van der Waals surface area contributed by atoms with Gasteiger partial charge in [0.05, 0.1) is 23.0 Å². The quantitative estimate of drug-likeness (QED) is 0.247. The lowest BCUT2D eigenvalue weighted by Gasteiger charge is -2.20. The molecule has 0 fully saturated rings. The average Bonchev–Trinajstić information content (AvgIpc) is 3.59. The molecule has 2 aliphatic heterocycles. The molecule has 38 heavy (non-hydrogen) atoms. The summed E-state index contributed by atoms with van der Waals surface area (Å²) in [6.07, 6.45) is 1.83. The predicted molar refractivity (Wildman–Crippen MR) is 156 cm³/mol. The summed E-state index contributed by atoms with van der Waals surface area (Å²) in [7, 11) is 0. The third kappa shape index (κ3) is 3.17. The van der Waals surface area contributed by atoms with Crippen molar-refractivity contribution in [2.24, 2.45) is 9.98 Å².